The maximum Gasteiger partial charge on any atom is 0.426 e. The van der Waals surface area contributed by atoms with Crippen molar-refractivity contribution in [3.63, 3.8) is 0 Å². The van der Waals surface area contributed by atoms with Crippen molar-refractivity contribution in [1.29, 1.82) is 0 Å². The highest BCUT2D eigenvalue weighted by molar-refractivity contribution is 6.72. The summed E-state index contributed by atoms with van der Waals surface area (Å²) in [6.07, 6.45) is 0. The molecule has 2 fully saturated rings. The lowest BCUT2D eigenvalue weighted by molar-refractivity contribution is 0.293. The third-order valence-electron chi connectivity index (χ3n) is 2.30. The van der Waals surface area contributed by atoms with Crippen LogP contribution in [0.2, 0.25) is 40.9 Å². The van der Waals surface area contributed by atoms with Crippen molar-refractivity contribution >= 4 is 42.7 Å². The van der Waals surface area contributed by atoms with Crippen molar-refractivity contribution in [3.8, 4) is 0 Å². The van der Waals surface area contributed by atoms with Crippen molar-refractivity contribution in [1.82, 2.24) is 0 Å². The molecule has 2 aliphatic rings. The predicted molar refractivity (Wildman–Crippen MR) is 76.2 cm³/mol. The Balaban J connectivity index is 0.000000180. The second kappa shape index (κ2) is 7.67. The van der Waals surface area contributed by atoms with Gasteiger partial charge in [-0.1, -0.05) is 0 Å². The SMILES string of the molecule is CB1OB(C)OB(C)O1.CB1OB(C)OB(C)O1. The van der Waals surface area contributed by atoms with Gasteiger partial charge in [-0.15, -0.1) is 0 Å². The Kier molecular flexibility index (Phi) is 6.90. The molecule has 0 atom stereocenters. The van der Waals surface area contributed by atoms with Gasteiger partial charge in [-0.25, -0.2) is 0 Å². The zero-order valence-electron chi connectivity index (χ0n) is 11.9. The van der Waals surface area contributed by atoms with Crippen molar-refractivity contribution in [2.45, 2.75) is 40.9 Å². The normalized spacial score (nSPS) is 21.0. The van der Waals surface area contributed by atoms with Crippen molar-refractivity contribution in [2.24, 2.45) is 0 Å². The zero-order valence-corrected chi connectivity index (χ0v) is 11.9. The fourth-order valence-corrected chi connectivity index (χ4v) is 1.81. The Bertz CT molecular complexity index is 175. The molecule has 2 rings (SSSR count). The van der Waals surface area contributed by atoms with E-state index in [0.717, 1.165) is 0 Å². The Labute approximate surface area is 112 Å². The molecule has 0 aromatic heterocycles. The fourth-order valence-electron chi connectivity index (χ4n) is 1.81. The number of hydrogen-bond donors (Lipinski definition) is 0. The van der Waals surface area contributed by atoms with Crippen LogP contribution in [0, 0.1) is 0 Å². The van der Waals surface area contributed by atoms with E-state index in [1.54, 1.807) is 0 Å². The maximum atomic E-state index is 5.11. The standard InChI is InChI=1S/2C3H9B3O3/c2*1-4-7-5(2)9-6(3)8-4/h2*1-3H3. The van der Waals surface area contributed by atoms with Gasteiger partial charge < -0.3 is 27.4 Å². The third kappa shape index (κ3) is 6.36. The summed E-state index contributed by atoms with van der Waals surface area (Å²) in [6.45, 7) is 11.1. The molecule has 0 saturated carbocycles. The van der Waals surface area contributed by atoms with Crippen LogP contribution >= 0.6 is 0 Å². The molecule has 6 nitrogen and oxygen atoms in total. The molecule has 0 amide bonds. The van der Waals surface area contributed by atoms with Gasteiger partial charge in [-0.05, 0) is 40.9 Å². The van der Waals surface area contributed by atoms with Crippen LogP contribution in [0.25, 0.3) is 0 Å². The summed E-state index contributed by atoms with van der Waals surface area (Å²) in [5, 5.41) is 0. The van der Waals surface area contributed by atoms with E-state index in [-0.39, 0.29) is 42.7 Å². The third-order valence-corrected chi connectivity index (χ3v) is 2.30. The van der Waals surface area contributed by atoms with Crippen LogP contribution in [-0.4, -0.2) is 42.7 Å². The maximum absolute atomic E-state index is 5.11. The molecule has 2 saturated heterocycles. The Hall–Kier alpha value is 0.150. The molecule has 0 unspecified atom stereocenters. The highest BCUT2D eigenvalue weighted by atomic mass is 16.7. The van der Waals surface area contributed by atoms with Crippen LogP contribution in [0.4, 0.5) is 0 Å². The van der Waals surface area contributed by atoms with Crippen LogP contribution < -0.4 is 0 Å². The highest BCUT2D eigenvalue weighted by Gasteiger charge is 2.32. The van der Waals surface area contributed by atoms with Gasteiger partial charge in [0.05, 0.1) is 0 Å². The average molecular weight is 251 g/mol. The van der Waals surface area contributed by atoms with E-state index in [1.807, 2.05) is 40.9 Å². The first kappa shape index (κ1) is 16.2. The first-order chi connectivity index (χ1) is 8.36. The molecular weight excluding hydrogens is 233 g/mol. The lowest BCUT2D eigenvalue weighted by Gasteiger charge is -2.25. The first-order valence-electron chi connectivity index (χ1n) is 6.29. The van der Waals surface area contributed by atoms with Crippen LogP contribution in [0.3, 0.4) is 0 Å². The van der Waals surface area contributed by atoms with E-state index in [4.69, 9.17) is 27.4 Å². The molecule has 0 spiro atoms. The first-order valence-corrected chi connectivity index (χ1v) is 6.29. The average Bonchev–Trinajstić information content (AvgIpc) is 2.12. The second-order valence-corrected chi connectivity index (χ2v) is 4.22. The van der Waals surface area contributed by atoms with Crippen molar-refractivity contribution in [3.05, 3.63) is 0 Å². The van der Waals surface area contributed by atoms with Gasteiger partial charge >= 0.3 is 42.7 Å². The molecule has 96 valence electrons. The molecule has 2 aliphatic heterocycles. The molecule has 18 heavy (non-hydrogen) atoms. The minimum Gasteiger partial charge on any atom is -0.453 e. The summed E-state index contributed by atoms with van der Waals surface area (Å²) >= 11 is 0. The van der Waals surface area contributed by atoms with Gasteiger partial charge in [-0.3, -0.25) is 0 Å². The van der Waals surface area contributed by atoms with Crippen molar-refractivity contribution < 1.29 is 27.4 Å². The Morgan fingerprint density at radius 3 is 0.556 bits per heavy atom. The van der Waals surface area contributed by atoms with Gasteiger partial charge in [0.1, 0.15) is 0 Å². The predicted octanol–water partition coefficient (Wildman–Crippen LogP) is 0.808. The lowest BCUT2D eigenvalue weighted by Crippen LogP contribution is -2.44. The minimum atomic E-state index is -0.135. The van der Waals surface area contributed by atoms with Gasteiger partial charge in [0.2, 0.25) is 0 Å². The smallest absolute Gasteiger partial charge is 0.426 e. The molecular formula is C6H18B6O6. The van der Waals surface area contributed by atoms with Crippen LogP contribution in [-0.2, 0) is 27.4 Å². The molecule has 0 aromatic carbocycles. The van der Waals surface area contributed by atoms with Gasteiger partial charge in [0.25, 0.3) is 0 Å². The van der Waals surface area contributed by atoms with E-state index >= 15 is 0 Å². The molecule has 0 aliphatic carbocycles. The summed E-state index contributed by atoms with van der Waals surface area (Å²) in [7, 11) is -0.813. The van der Waals surface area contributed by atoms with Gasteiger partial charge in [-0.2, -0.15) is 0 Å². The monoisotopic (exact) mass is 252 g/mol. The quantitative estimate of drug-likeness (QED) is 0.594. The van der Waals surface area contributed by atoms with E-state index in [1.165, 1.54) is 0 Å². The lowest BCUT2D eigenvalue weighted by atomic mass is 9.73. The van der Waals surface area contributed by atoms with Crippen LogP contribution in [0.15, 0.2) is 0 Å². The Morgan fingerprint density at radius 2 is 0.444 bits per heavy atom. The highest BCUT2D eigenvalue weighted by Crippen LogP contribution is 2.06. The summed E-state index contributed by atoms with van der Waals surface area (Å²) in [6, 6.07) is 0. The Morgan fingerprint density at radius 1 is 0.333 bits per heavy atom. The van der Waals surface area contributed by atoms with E-state index in [2.05, 4.69) is 0 Å². The summed E-state index contributed by atoms with van der Waals surface area (Å²) < 4.78 is 30.7. The summed E-state index contributed by atoms with van der Waals surface area (Å²) in [5.41, 5.74) is 0. The molecule has 0 bridgehead atoms. The van der Waals surface area contributed by atoms with E-state index in [0.29, 0.717) is 0 Å². The summed E-state index contributed by atoms with van der Waals surface area (Å²) in [5.74, 6) is 0. The largest absolute Gasteiger partial charge is 0.453 e. The number of rotatable bonds is 0. The van der Waals surface area contributed by atoms with E-state index in [9.17, 15) is 0 Å². The molecule has 2 heterocycles. The molecule has 0 aromatic rings. The molecule has 12 heteroatoms. The zero-order chi connectivity index (χ0) is 13.7. The molecule has 0 radical (unpaired) electrons. The fraction of sp³-hybridized carbons (Fsp3) is 1.00. The van der Waals surface area contributed by atoms with Crippen LogP contribution in [0.1, 0.15) is 0 Å². The molecule has 0 N–H and O–H groups in total. The van der Waals surface area contributed by atoms with Crippen LogP contribution in [0.5, 0.6) is 0 Å². The topological polar surface area (TPSA) is 55.4 Å². The van der Waals surface area contributed by atoms with Gasteiger partial charge in [0, 0.05) is 0 Å². The van der Waals surface area contributed by atoms with Crippen molar-refractivity contribution in [2.75, 3.05) is 0 Å². The number of hydrogen-bond acceptors (Lipinski definition) is 6. The van der Waals surface area contributed by atoms with E-state index < -0.39 is 0 Å². The second-order valence-electron chi connectivity index (χ2n) is 4.22. The van der Waals surface area contributed by atoms with Gasteiger partial charge in [0.15, 0.2) is 0 Å². The minimum absolute atomic E-state index is 0.135. The summed E-state index contributed by atoms with van der Waals surface area (Å²) in [4.78, 5) is 0.